The highest BCUT2D eigenvalue weighted by Crippen LogP contribution is 2.32. The summed E-state index contributed by atoms with van der Waals surface area (Å²) in [5, 5.41) is 5.48. The number of amides is 2. The molecule has 29 heavy (non-hydrogen) atoms. The zero-order valence-electron chi connectivity index (χ0n) is 15.8. The highest BCUT2D eigenvalue weighted by atomic mass is 16.5. The maximum atomic E-state index is 12.5. The molecule has 2 heterocycles. The van der Waals surface area contributed by atoms with Crippen LogP contribution in [0.1, 0.15) is 34.8 Å². The van der Waals surface area contributed by atoms with Gasteiger partial charge in [-0.05, 0) is 44.2 Å². The van der Waals surface area contributed by atoms with E-state index < -0.39 is 12.0 Å². The van der Waals surface area contributed by atoms with Crippen LogP contribution in [0.15, 0.2) is 59.0 Å². The smallest absolute Gasteiger partial charge is 0.291 e. The lowest BCUT2D eigenvalue weighted by atomic mass is 10.1. The average Bonchev–Trinajstić information content (AvgIpc) is 3.19. The molecule has 7 heteroatoms. The Morgan fingerprint density at radius 2 is 1.79 bits per heavy atom. The van der Waals surface area contributed by atoms with E-state index in [4.69, 9.17) is 9.15 Å². The van der Waals surface area contributed by atoms with Crippen molar-refractivity contribution in [1.82, 2.24) is 0 Å². The van der Waals surface area contributed by atoms with Gasteiger partial charge < -0.3 is 19.8 Å². The number of ether oxygens (including phenoxy) is 1. The molecule has 0 aliphatic carbocycles. The van der Waals surface area contributed by atoms with Crippen LogP contribution in [0.3, 0.4) is 0 Å². The van der Waals surface area contributed by atoms with Crippen LogP contribution in [0.2, 0.25) is 0 Å². The minimum Gasteiger partial charge on any atom is -0.479 e. The quantitative estimate of drug-likeness (QED) is 0.653. The number of fused-ring (bicyclic) bond motifs is 1. The Balaban J connectivity index is 1.49. The molecule has 0 fully saturated rings. The summed E-state index contributed by atoms with van der Waals surface area (Å²) in [5.41, 5.74) is 2.36. The molecular weight excluding hydrogens is 372 g/mol. The van der Waals surface area contributed by atoms with Crippen LogP contribution >= 0.6 is 0 Å². The average molecular weight is 390 g/mol. The van der Waals surface area contributed by atoms with Gasteiger partial charge in [-0.2, -0.15) is 0 Å². The topological polar surface area (TPSA) is 97.6 Å². The summed E-state index contributed by atoms with van der Waals surface area (Å²) in [6.07, 6.45) is -0.561. The molecule has 1 unspecified atom stereocenters. The third-order valence-corrected chi connectivity index (χ3v) is 4.57. The molecule has 7 nitrogen and oxygen atoms in total. The fourth-order valence-electron chi connectivity index (χ4n) is 2.96. The van der Waals surface area contributed by atoms with Gasteiger partial charge in [0.05, 0.1) is 5.69 Å². The predicted octanol–water partition coefficient (Wildman–Crippen LogP) is 4.12. The largest absolute Gasteiger partial charge is 0.479 e. The van der Waals surface area contributed by atoms with E-state index in [2.05, 4.69) is 10.6 Å². The highest BCUT2D eigenvalue weighted by molar-refractivity contribution is 6.04. The summed E-state index contributed by atoms with van der Waals surface area (Å²) in [6, 6.07) is 15.2. The van der Waals surface area contributed by atoms with Gasteiger partial charge in [0.2, 0.25) is 0 Å². The number of hydrogen-bond donors (Lipinski definition) is 2. The second-order valence-corrected chi connectivity index (χ2v) is 6.71. The van der Waals surface area contributed by atoms with Crippen molar-refractivity contribution in [2.24, 2.45) is 0 Å². The van der Waals surface area contributed by atoms with Crippen LogP contribution in [-0.4, -0.2) is 23.7 Å². The second kappa shape index (κ2) is 7.27. The number of rotatable bonds is 4. The maximum Gasteiger partial charge on any atom is 0.291 e. The van der Waals surface area contributed by atoms with Gasteiger partial charge in [-0.15, -0.1) is 0 Å². The lowest BCUT2D eigenvalue weighted by molar-refractivity contribution is -0.122. The number of furan rings is 1. The second-order valence-electron chi connectivity index (χ2n) is 6.71. The molecule has 0 bridgehead atoms. The number of carbonyl (C=O) groups excluding carboxylic acids is 3. The summed E-state index contributed by atoms with van der Waals surface area (Å²) in [5.74, 6) is 0.523. The first-order valence-electron chi connectivity index (χ1n) is 9.05. The normalized spacial score (nSPS) is 15.1. The Bertz CT molecular complexity index is 1110. The first-order chi connectivity index (χ1) is 13.9. The maximum absolute atomic E-state index is 12.5. The highest BCUT2D eigenvalue weighted by Gasteiger charge is 2.24. The molecule has 0 saturated heterocycles. The third-order valence-electron chi connectivity index (χ3n) is 4.57. The van der Waals surface area contributed by atoms with Crippen LogP contribution < -0.4 is 15.4 Å². The van der Waals surface area contributed by atoms with E-state index in [0.717, 1.165) is 5.56 Å². The van der Waals surface area contributed by atoms with Crippen LogP contribution in [0, 0.1) is 0 Å². The molecule has 1 aliphatic rings. The van der Waals surface area contributed by atoms with Crippen molar-refractivity contribution in [2.45, 2.75) is 20.0 Å². The predicted molar refractivity (Wildman–Crippen MR) is 107 cm³/mol. The first kappa shape index (κ1) is 18.5. The van der Waals surface area contributed by atoms with Gasteiger partial charge in [-0.25, -0.2) is 0 Å². The number of carbonyl (C=O) groups is 3. The summed E-state index contributed by atoms with van der Waals surface area (Å²) < 4.78 is 11.2. The Kier molecular flexibility index (Phi) is 4.64. The fraction of sp³-hybridized carbons (Fsp3) is 0.136. The Labute approximate surface area is 166 Å². The molecule has 2 amide bonds. The van der Waals surface area contributed by atoms with Gasteiger partial charge in [-0.1, -0.05) is 24.3 Å². The van der Waals surface area contributed by atoms with E-state index in [0.29, 0.717) is 28.4 Å². The molecule has 1 atom stereocenters. The zero-order valence-corrected chi connectivity index (χ0v) is 15.8. The number of nitrogens with one attached hydrogen (secondary N) is 2. The summed E-state index contributed by atoms with van der Waals surface area (Å²) in [7, 11) is 0. The van der Waals surface area contributed by atoms with E-state index in [-0.39, 0.29) is 17.5 Å². The van der Waals surface area contributed by atoms with Gasteiger partial charge in [0, 0.05) is 16.8 Å². The molecule has 1 aliphatic heterocycles. The van der Waals surface area contributed by atoms with Crippen LogP contribution in [0.25, 0.3) is 11.3 Å². The third kappa shape index (κ3) is 3.75. The number of ketones is 1. The Morgan fingerprint density at radius 3 is 2.52 bits per heavy atom. The lowest BCUT2D eigenvalue weighted by Crippen LogP contribution is -2.34. The zero-order chi connectivity index (χ0) is 20.5. The molecule has 0 spiro atoms. The SMILES string of the molecule is CC(=O)c1ccc(-c2ccc(C(=O)Nc3ccc4c(c3)NC(=O)C(C)O4)o2)cc1. The number of Topliss-reactive ketones (excluding diaryl/α,β-unsaturated/α-hetero) is 1. The van der Waals surface area contributed by atoms with Crippen LogP contribution in [0.5, 0.6) is 5.75 Å². The summed E-state index contributed by atoms with van der Waals surface area (Å²) in [4.78, 5) is 35.6. The lowest BCUT2D eigenvalue weighted by Gasteiger charge is -2.23. The van der Waals surface area contributed by atoms with E-state index in [1.54, 1.807) is 61.5 Å². The van der Waals surface area contributed by atoms with Crippen molar-refractivity contribution >= 4 is 29.0 Å². The number of hydrogen-bond acceptors (Lipinski definition) is 5. The minimum atomic E-state index is -0.561. The minimum absolute atomic E-state index is 0.0165. The van der Waals surface area contributed by atoms with Crippen molar-refractivity contribution in [3.63, 3.8) is 0 Å². The van der Waals surface area contributed by atoms with Gasteiger partial charge in [0.1, 0.15) is 11.5 Å². The van der Waals surface area contributed by atoms with E-state index in [1.165, 1.54) is 6.92 Å². The standard InChI is InChI=1S/C22H18N2O5/c1-12(25)14-3-5-15(6-4-14)18-9-10-20(29-18)22(27)23-16-7-8-19-17(11-16)24-21(26)13(2)28-19/h3-11,13H,1-2H3,(H,23,27)(H,24,26). The van der Waals surface area contributed by atoms with E-state index in [9.17, 15) is 14.4 Å². The van der Waals surface area contributed by atoms with Gasteiger partial charge in [0.15, 0.2) is 17.6 Å². The van der Waals surface area contributed by atoms with Gasteiger partial charge in [0.25, 0.3) is 11.8 Å². The van der Waals surface area contributed by atoms with E-state index in [1.807, 2.05) is 0 Å². The van der Waals surface area contributed by atoms with Crippen LogP contribution in [-0.2, 0) is 4.79 Å². The molecule has 3 aromatic rings. The Morgan fingerprint density at radius 1 is 1.03 bits per heavy atom. The van der Waals surface area contributed by atoms with Crippen molar-refractivity contribution in [2.75, 3.05) is 10.6 Å². The molecule has 1 aromatic heterocycles. The van der Waals surface area contributed by atoms with Crippen molar-refractivity contribution < 1.29 is 23.5 Å². The molecule has 0 saturated carbocycles. The number of benzene rings is 2. The van der Waals surface area contributed by atoms with Crippen LogP contribution in [0.4, 0.5) is 11.4 Å². The Hall–Kier alpha value is -3.87. The first-order valence-corrected chi connectivity index (χ1v) is 9.05. The van der Waals surface area contributed by atoms with Gasteiger partial charge in [-0.3, -0.25) is 14.4 Å². The van der Waals surface area contributed by atoms with Crippen molar-refractivity contribution in [3.8, 4) is 17.1 Å². The number of anilines is 2. The summed E-state index contributed by atoms with van der Waals surface area (Å²) in [6.45, 7) is 3.17. The fourth-order valence-corrected chi connectivity index (χ4v) is 2.96. The van der Waals surface area contributed by atoms with Gasteiger partial charge >= 0.3 is 0 Å². The monoisotopic (exact) mass is 390 g/mol. The van der Waals surface area contributed by atoms with Crippen molar-refractivity contribution in [1.29, 1.82) is 0 Å². The summed E-state index contributed by atoms with van der Waals surface area (Å²) >= 11 is 0. The molecule has 2 N–H and O–H groups in total. The molecule has 4 rings (SSSR count). The molecule has 2 aromatic carbocycles. The van der Waals surface area contributed by atoms with Crippen molar-refractivity contribution in [3.05, 3.63) is 65.9 Å². The van der Waals surface area contributed by atoms with E-state index >= 15 is 0 Å². The molecule has 0 radical (unpaired) electrons. The molecular formula is C22H18N2O5. The molecule has 146 valence electrons.